The molecule has 0 radical (unpaired) electrons. The Hall–Kier alpha value is -3.63. The Morgan fingerprint density at radius 3 is 2.92 bits per heavy atom. The zero-order valence-electron chi connectivity index (χ0n) is 13.8. The largest absolute Gasteiger partial charge is 0.378 e. The normalized spacial score (nSPS) is 11.2. The number of hydrogen-bond acceptors (Lipinski definition) is 8. The van der Waals surface area contributed by atoms with Crippen molar-refractivity contribution >= 4 is 17.9 Å². The molecular weight excluding hydrogens is 343 g/mol. The highest BCUT2D eigenvalue weighted by Crippen LogP contribution is 2.17. The smallest absolute Gasteiger partial charge is 0.293 e. The van der Waals surface area contributed by atoms with Crippen LogP contribution in [0.25, 0.3) is 5.82 Å². The number of halogens is 1. The number of amides is 1. The first-order chi connectivity index (χ1) is 12.6. The number of nitrogens with two attached hydrogens (primary N) is 1. The summed E-state index contributed by atoms with van der Waals surface area (Å²) in [4.78, 5) is 12.4. The monoisotopic (exact) mass is 358 g/mol. The van der Waals surface area contributed by atoms with Crippen molar-refractivity contribution in [2.45, 2.75) is 19.8 Å². The predicted molar refractivity (Wildman–Crippen MR) is 89.1 cm³/mol. The number of nitrogens with one attached hydrogen (secondary N) is 1. The fourth-order valence-electron chi connectivity index (χ4n) is 2.24. The van der Waals surface area contributed by atoms with Gasteiger partial charge in [-0.2, -0.15) is 9.78 Å². The zero-order valence-corrected chi connectivity index (χ0v) is 13.8. The molecule has 11 heteroatoms. The second-order valence-electron chi connectivity index (χ2n) is 5.24. The molecule has 2 aromatic heterocycles. The van der Waals surface area contributed by atoms with E-state index in [0.29, 0.717) is 12.1 Å². The van der Waals surface area contributed by atoms with Gasteiger partial charge < -0.3 is 5.73 Å². The molecule has 0 atom stereocenters. The highest BCUT2D eigenvalue weighted by Gasteiger charge is 2.23. The lowest BCUT2D eigenvalue weighted by Crippen LogP contribution is -2.20. The van der Waals surface area contributed by atoms with Crippen molar-refractivity contribution < 1.29 is 13.8 Å². The predicted octanol–water partition coefficient (Wildman–Crippen LogP) is 1.09. The summed E-state index contributed by atoms with van der Waals surface area (Å²) in [5, 5.41) is 18.7. The van der Waals surface area contributed by atoms with Crippen LogP contribution in [0.2, 0.25) is 0 Å². The number of hydrogen-bond donors (Lipinski definition) is 2. The summed E-state index contributed by atoms with van der Waals surface area (Å²) in [6.45, 7) is 1.93. The maximum atomic E-state index is 13.5. The number of nitrogen functional groups attached to an aromatic ring is 1. The molecule has 0 aliphatic carbocycles. The highest BCUT2D eigenvalue weighted by atomic mass is 19.1. The van der Waals surface area contributed by atoms with Crippen molar-refractivity contribution in [1.82, 2.24) is 30.7 Å². The van der Waals surface area contributed by atoms with Gasteiger partial charge in [0.2, 0.25) is 11.6 Å². The number of benzene rings is 1. The third kappa shape index (κ3) is 3.41. The second-order valence-corrected chi connectivity index (χ2v) is 5.24. The fraction of sp³-hybridized carbons (Fsp3) is 0.200. The van der Waals surface area contributed by atoms with Gasteiger partial charge in [0.25, 0.3) is 5.91 Å². The number of carbonyl (C=O) groups is 1. The van der Waals surface area contributed by atoms with Gasteiger partial charge in [-0.1, -0.05) is 36.8 Å². The Labute approximate surface area is 146 Å². The molecule has 0 fully saturated rings. The van der Waals surface area contributed by atoms with Crippen molar-refractivity contribution in [2.75, 3.05) is 5.73 Å². The molecule has 0 bridgehead atoms. The summed E-state index contributed by atoms with van der Waals surface area (Å²) in [7, 11) is 0. The molecule has 10 nitrogen and oxygen atoms in total. The van der Waals surface area contributed by atoms with Crippen LogP contribution >= 0.6 is 0 Å². The van der Waals surface area contributed by atoms with Crippen LogP contribution in [0.15, 0.2) is 34.0 Å². The maximum absolute atomic E-state index is 13.5. The van der Waals surface area contributed by atoms with E-state index in [1.165, 1.54) is 23.0 Å². The van der Waals surface area contributed by atoms with Crippen LogP contribution in [0, 0.1) is 5.82 Å². The number of nitrogens with zero attached hydrogens (tertiary/aromatic N) is 6. The van der Waals surface area contributed by atoms with Crippen molar-refractivity contribution in [3.8, 4) is 5.82 Å². The molecule has 0 unspecified atom stereocenters. The Balaban J connectivity index is 1.82. The summed E-state index contributed by atoms with van der Waals surface area (Å²) in [6.07, 6.45) is 2.41. The van der Waals surface area contributed by atoms with Gasteiger partial charge in [0.15, 0.2) is 5.69 Å². The second kappa shape index (κ2) is 7.51. The quantitative estimate of drug-likeness (QED) is 0.497. The van der Waals surface area contributed by atoms with Crippen molar-refractivity contribution in [2.24, 2.45) is 5.10 Å². The Morgan fingerprint density at radius 2 is 2.23 bits per heavy atom. The summed E-state index contributed by atoms with van der Waals surface area (Å²) in [5.74, 6) is -0.869. The van der Waals surface area contributed by atoms with E-state index in [2.05, 4.69) is 35.8 Å². The maximum Gasteiger partial charge on any atom is 0.293 e. The Kier molecular flexibility index (Phi) is 4.97. The van der Waals surface area contributed by atoms with Gasteiger partial charge in [-0.05, 0) is 22.8 Å². The molecule has 2 heterocycles. The van der Waals surface area contributed by atoms with E-state index in [-0.39, 0.29) is 22.9 Å². The van der Waals surface area contributed by atoms with E-state index in [0.717, 1.165) is 6.42 Å². The van der Waals surface area contributed by atoms with Crippen LogP contribution in [0.1, 0.15) is 35.1 Å². The third-order valence-electron chi connectivity index (χ3n) is 3.44. The average molecular weight is 358 g/mol. The molecule has 1 aromatic carbocycles. The molecule has 0 aliphatic heterocycles. The molecule has 0 saturated carbocycles. The van der Waals surface area contributed by atoms with Gasteiger partial charge in [0, 0.05) is 5.56 Å². The van der Waals surface area contributed by atoms with Gasteiger partial charge in [0.05, 0.1) is 11.9 Å². The first kappa shape index (κ1) is 17.2. The van der Waals surface area contributed by atoms with E-state index >= 15 is 0 Å². The minimum Gasteiger partial charge on any atom is -0.378 e. The summed E-state index contributed by atoms with van der Waals surface area (Å²) >= 11 is 0. The minimum absolute atomic E-state index is 0.0248. The highest BCUT2D eigenvalue weighted by molar-refractivity contribution is 5.94. The molecule has 0 spiro atoms. The van der Waals surface area contributed by atoms with Gasteiger partial charge in [-0.15, -0.1) is 5.10 Å². The van der Waals surface area contributed by atoms with Crippen molar-refractivity contribution in [1.29, 1.82) is 0 Å². The molecule has 0 saturated heterocycles. The van der Waals surface area contributed by atoms with Gasteiger partial charge in [-0.3, -0.25) is 4.79 Å². The van der Waals surface area contributed by atoms with Crippen LogP contribution < -0.4 is 11.2 Å². The topological polar surface area (TPSA) is 137 Å². The minimum atomic E-state index is -0.595. The lowest BCUT2D eigenvalue weighted by atomic mass is 10.2. The average Bonchev–Trinajstić information content (AvgIpc) is 3.23. The first-order valence-electron chi connectivity index (χ1n) is 7.72. The molecule has 1 amide bonds. The van der Waals surface area contributed by atoms with Gasteiger partial charge in [-0.25, -0.2) is 14.4 Å². The van der Waals surface area contributed by atoms with Gasteiger partial charge >= 0.3 is 0 Å². The fourth-order valence-corrected chi connectivity index (χ4v) is 2.24. The van der Waals surface area contributed by atoms with Crippen LogP contribution in [0.4, 0.5) is 10.2 Å². The third-order valence-corrected chi connectivity index (χ3v) is 3.44. The van der Waals surface area contributed by atoms with Crippen LogP contribution in [0.3, 0.4) is 0 Å². The lowest BCUT2D eigenvalue weighted by molar-refractivity contribution is 0.0949. The van der Waals surface area contributed by atoms with E-state index in [4.69, 9.17) is 5.73 Å². The van der Waals surface area contributed by atoms with Crippen molar-refractivity contribution in [3.05, 3.63) is 47.0 Å². The van der Waals surface area contributed by atoms with E-state index in [1.54, 1.807) is 12.1 Å². The SMILES string of the molecule is CCCc1c(C(=O)NN=Cc2ccccc2F)nnn1-c1nonc1N. The van der Waals surface area contributed by atoms with Gasteiger partial charge in [0.1, 0.15) is 5.82 Å². The molecular formula is C15H15FN8O2. The number of carbonyl (C=O) groups excluding carboxylic acids is 1. The van der Waals surface area contributed by atoms with Crippen molar-refractivity contribution in [3.63, 3.8) is 0 Å². The number of rotatable bonds is 6. The number of anilines is 1. The van der Waals surface area contributed by atoms with E-state index in [9.17, 15) is 9.18 Å². The van der Waals surface area contributed by atoms with E-state index < -0.39 is 11.7 Å². The van der Waals surface area contributed by atoms with E-state index in [1.807, 2.05) is 6.92 Å². The van der Waals surface area contributed by atoms with Crippen LogP contribution in [-0.4, -0.2) is 37.4 Å². The molecule has 3 rings (SSSR count). The summed E-state index contributed by atoms with van der Waals surface area (Å²) in [5.41, 5.74) is 8.75. The number of hydrazone groups is 1. The Morgan fingerprint density at radius 1 is 1.42 bits per heavy atom. The molecule has 134 valence electrons. The summed E-state index contributed by atoms with van der Waals surface area (Å²) < 4.78 is 19.4. The van der Waals surface area contributed by atoms with Crippen LogP contribution in [0.5, 0.6) is 0 Å². The first-order valence-corrected chi connectivity index (χ1v) is 7.72. The van der Waals surface area contributed by atoms with Crippen LogP contribution in [-0.2, 0) is 6.42 Å². The zero-order chi connectivity index (χ0) is 18.5. The lowest BCUT2D eigenvalue weighted by Gasteiger charge is -2.03. The molecule has 0 aliphatic rings. The number of aromatic nitrogens is 5. The standard InChI is InChI=1S/C15H15FN8O2/c1-2-5-11-12(19-23-24(11)14-13(17)21-26-22-14)15(25)20-18-8-9-6-3-4-7-10(9)16/h3-4,6-8H,2,5H2,1H3,(H2,17,21)(H,20,25). The Bertz CT molecular complexity index is 949. The molecule has 3 aromatic rings. The molecule has 26 heavy (non-hydrogen) atoms. The summed E-state index contributed by atoms with van der Waals surface area (Å²) in [6, 6.07) is 6.05. The molecule has 3 N–H and O–H groups in total.